The molecule has 0 aromatic heterocycles. The van der Waals surface area contributed by atoms with Gasteiger partial charge in [0.25, 0.3) is 0 Å². The third-order valence-electron chi connectivity index (χ3n) is 3.85. The van der Waals surface area contributed by atoms with Crippen LogP contribution < -0.4 is 5.32 Å². The fourth-order valence-corrected chi connectivity index (χ4v) is 3.07. The van der Waals surface area contributed by atoms with E-state index in [1.807, 2.05) is 0 Å². The Bertz CT molecular complexity index is 451. The monoisotopic (exact) mass is 387 g/mol. The van der Waals surface area contributed by atoms with E-state index in [9.17, 15) is 0 Å². The van der Waals surface area contributed by atoms with Crippen molar-refractivity contribution in [2.75, 3.05) is 13.2 Å². The Balaban J connectivity index is 3.14. The van der Waals surface area contributed by atoms with Crippen molar-refractivity contribution >= 4 is 0 Å². The number of hydrogen-bond acceptors (Lipinski definition) is 5. The molecule has 1 saturated heterocycles. The number of nitrogens with one attached hydrogen (secondary N) is 1. The first-order valence-electron chi connectivity index (χ1n) is 10.3. The lowest BCUT2D eigenvalue weighted by Gasteiger charge is -2.48. The third-order valence-corrected chi connectivity index (χ3v) is 3.85. The van der Waals surface area contributed by atoms with E-state index in [1.54, 1.807) is 0 Å². The second kappa shape index (κ2) is 8.66. The highest BCUT2D eigenvalue weighted by Gasteiger charge is 2.47. The van der Waals surface area contributed by atoms with Crippen LogP contribution in [0.5, 0.6) is 0 Å². The summed E-state index contributed by atoms with van der Waals surface area (Å²) in [5.41, 5.74) is -0.884. The molecule has 0 saturated carbocycles. The normalized spacial score (nSPS) is 28.4. The first-order chi connectivity index (χ1) is 11.9. The lowest BCUT2D eigenvalue weighted by atomic mass is 9.95. The Morgan fingerprint density at radius 3 is 1.56 bits per heavy atom. The van der Waals surface area contributed by atoms with Crippen LogP contribution in [0.3, 0.4) is 0 Å². The molecule has 0 spiro atoms. The molecule has 27 heavy (non-hydrogen) atoms. The van der Waals surface area contributed by atoms with Gasteiger partial charge in [0.2, 0.25) is 0 Å². The van der Waals surface area contributed by atoms with Gasteiger partial charge in [-0.2, -0.15) is 0 Å². The van der Waals surface area contributed by atoms with E-state index in [0.29, 0.717) is 13.2 Å². The van der Waals surface area contributed by atoms with E-state index in [0.717, 1.165) is 0 Å². The van der Waals surface area contributed by atoms with Crippen molar-refractivity contribution in [2.45, 2.75) is 130 Å². The van der Waals surface area contributed by atoms with Gasteiger partial charge in [-0.25, -0.2) is 0 Å². The predicted molar refractivity (Wildman–Crippen MR) is 111 cm³/mol. The highest BCUT2D eigenvalue weighted by Crippen LogP contribution is 2.32. The molecule has 0 aromatic rings. The first kappa shape index (κ1) is 24.8. The lowest BCUT2D eigenvalue weighted by molar-refractivity contribution is -0.280. The molecule has 0 bridgehead atoms. The summed E-state index contributed by atoms with van der Waals surface area (Å²) in [6, 6.07) is 0. The number of hydrogen-bond donors (Lipinski definition) is 1. The van der Waals surface area contributed by atoms with Gasteiger partial charge in [0.05, 0.1) is 29.5 Å². The maximum absolute atomic E-state index is 6.50. The van der Waals surface area contributed by atoms with Crippen LogP contribution in [0.4, 0.5) is 0 Å². The molecule has 5 nitrogen and oxygen atoms in total. The average Bonchev–Trinajstić information content (AvgIpc) is 2.36. The molecule has 1 fully saturated rings. The summed E-state index contributed by atoms with van der Waals surface area (Å²) in [6.45, 7) is 26.3. The molecule has 0 radical (unpaired) electrons. The summed E-state index contributed by atoms with van der Waals surface area (Å²) in [5, 5.41) is 3.55. The molecule has 0 aliphatic carbocycles. The van der Waals surface area contributed by atoms with Crippen LogP contribution in [0.25, 0.3) is 0 Å². The minimum Gasteiger partial charge on any atom is -0.371 e. The van der Waals surface area contributed by atoms with Crippen LogP contribution in [0.1, 0.15) is 83.1 Å². The highest BCUT2D eigenvalue weighted by atomic mass is 16.6. The lowest BCUT2D eigenvalue weighted by Crippen LogP contribution is -2.62. The van der Waals surface area contributed by atoms with E-state index >= 15 is 0 Å². The Kier molecular flexibility index (Phi) is 7.97. The fourth-order valence-electron chi connectivity index (χ4n) is 3.07. The molecule has 1 aliphatic heterocycles. The zero-order chi connectivity index (χ0) is 21.3. The Morgan fingerprint density at radius 1 is 0.704 bits per heavy atom. The van der Waals surface area contributed by atoms with E-state index in [2.05, 4.69) is 88.4 Å². The molecule has 1 heterocycles. The van der Waals surface area contributed by atoms with Crippen molar-refractivity contribution in [3.8, 4) is 0 Å². The van der Waals surface area contributed by atoms with Crippen molar-refractivity contribution < 1.29 is 18.9 Å². The average molecular weight is 388 g/mol. The number of ether oxygens (including phenoxy) is 4. The predicted octanol–water partition coefficient (Wildman–Crippen LogP) is 4.32. The van der Waals surface area contributed by atoms with Gasteiger partial charge < -0.3 is 24.3 Å². The standard InChI is InChI=1S/C22H45NO4/c1-19(2,3)23-13-15-17(26-21(7,8)9)18(27-22(10,11)12)16(14-24-15)25-20(4,5)6/h15-18,23H,13-14H2,1-12H3. The molecule has 162 valence electrons. The van der Waals surface area contributed by atoms with Crippen LogP contribution in [0.15, 0.2) is 0 Å². The minimum absolute atomic E-state index is 0.00871. The quantitative estimate of drug-likeness (QED) is 0.761. The van der Waals surface area contributed by atoms with Crippen LogP contribution in [0, 0.1) is 0 Å². The van der Waals surface area contributed by atoms with Gasteiger partial charge in [0.15, 0.2) is 0 Å². The van der Waals surface area contributed by atoms with Gasteiger partial charge in [-0.15, -0.1) is 0 Å². The molecule has 4 unspecified atom stereocenters. The van der Waals surface area contributed by atoms with E-state index < -0.39 is 0 Å². The summed E-state index contributed by atoms with van der Waals surface area (Å²) >= 11 is 0. The summed E-state index contributed by atoms with van der Waals surface area (Å²) in [7, 11) is 0. The van der Waals surface area contributed by atoms with Crippen molar-refractivity contribution in [3.05, 3.63) is 0 Å². The highest BCUT2D eigenvalue weighted by molar-refractivity contribution is 4.95. The zero-order valence-electron chi connectivity index (χ0n) is 19.9. The third kappa shape index (κ3) is 10.2. The first-order valence-corrected chi connectivity index (χ1v) is 10.3. The van der Waals surface area contributed by atoms with Gasteiger partial charge in [0, 0.05) is 12.1 Å². The van der Waals surface area contributed by atoms with E-state index in [1.165, 1.54) is 0 Å². The Labute approximate surface area is 167 Å². The molecule has 5 heteroatoms. The maximum Gasteiger partial charge on any atom is 0.115 e. The van der Waals surface area contributed by atoms with Crippen molar-refractivity contribution in [1.82, 2.24) is 5.32 Å². The molecular weight excluding hydrogens is 342 g/mol. The van der Waals surface area contributed by atoms with Gasteiger partial charge in [0.1, 0.15) is 18.3 Å². The van der Waals surface area contributed by atoms with E-state index in [4.69, 9.17) is 18.9 Å². The molecule has 0 aromatic carbocycles. The molecule has 0 amide bonds. The van der Waals surface area contributed by atoms with Crippen LogP contribution in [0.2, 0.25) is 0 Å². The summed E-state index contributed by atoms with van der Waals surface area (Å²) in [5.74, 6) is 0. The van der Waals surface area contributed by atoms with Gasteiger partial charge >= 0.3 is 0 Å². The zero-order valence-corrected chi connectivity index (χ0v) is 19.9. The molecule has 1 rings (SSSR count). The fraction of sp³-hybridized carbons (Fsp3) is 1.00. The Hall–Kier alpha value is -0.200. The van der Waals surface area contributed by atoms with Gasteiger partial charge in [-0.3, -0.25) is 0 Å². The summed E-state index contributed by atoms with van der Waals surface area (Å²) in [6.07, 6.45) is -0.706. The molecule has 1 N–H and O–H groups in total. The van der Waals surface area contributed by atoms with Crippen molar-refractivity contribution in [2.24, 2.45) is 0 Å². The van der Waals surface area contributed by atoms with Crippen molar-refractivity contribution in [1.29, 1.82) is 0 Å². The minimum atomic E-state index is -0.308. The Morgan fingerprint density at radius 2 is 1.15 bits per heavy atom. The molecule has 1 aliphatic rings. The second-order valence-corrected chi connectivity index (χ2v) is 11.7. The van der Waals surface area contributed by atoms with Crippen LogP contribution in [-0.4, -0.2) is 59.9 Å². The maximum atomic E-state index is 6.50. The molecular formula is C22H45NO4. The number of rotatable bonds is 5. The second-order valence-electron chi connectivity index (χ2n) is 11.7. The topological polar surface area (TPSA) is 49.0 Å². The van der Waals surface area contributed by atoms with Crippen LogP contribution >= 0.6 is 0 Å². The van der Waals surface area contributed by atoms with Gasteiger partial charge in [-0.05, 0) is 83.1 Å². The van der Waals surface area contributed by atoms with Gasteiger partial charge in [-0.1, -0.05) is 0 Å². The van der Waals surface area contributed by atoms with Crippen molar-refractivity contribution in [3.63, 3.8) is 0 Å². The largest absolute Gasteiger partial charge is 0.371 e. The van der Waals surface area contributed by atoms with E-state index in [-0.39, 0.29) is 46.8 Å². The summed E-state index contributed by atoms with van der Waals surface area (Å²) in [4.78, 5) is 0. The van der Waals surface area contributed by atoms with Crippen LogP contribution in [-0.2, 0) is 18.9 Å². The molecule has 4 atom stereocenters. The summed E-state index contributed by atoms with van der Waals surface area (Å²) < 4.78 is 25.6. The SMILES string of the molecule is CC(C)(C)NCC1OCC(OC(C)(C)C)C(OC(C)(C)C)C1OC(C)(C)C. The smallest absolute Gasteiger partial charge is 0.115 e.